The summed E-state index contributed by atoms with van der Waals surface area (Å²) < 4.78 is 16.7. The maximum atomic E-state index is 13.0. The predicted molar refractivity (Wildman–Crippen MR) is 315 cm³/mol. The first-order valence-electron chi connectivity index (χ1n) is 31.9. The van der Waals surface area contributed by atoms with Crippen molar-refractivity contribution in [1.82, 2.24) is 5.32 Å². The molecule has 76 heavy (non-hydrogen) atoms. The van der Waals surface area contributed by atoms with E-state index in [0.717, 1.165) is 70.6 Å². The summed E-state index contributed by atoms with van der Waals surface area (Å²) in [6.07, 6.45) is 59.5. The lowest BCUT2D eigenvalue weighted by molar-refractivity contribution is -0.302. The molecule has 1 saturated heterocycles. The Labute approximate surface area is 466 Å². The number of hydrogen-bond acceptors (Lipinski definition) is 10. The number of unbranched alkanes of at least 4 members (excludes halogenated alkanes) is 35. The normalized spacial score (nSPS) is 19.0. The summed E-state index contributed by atoms with van der Waals surface area (Å²) in [5, 5.41) is 54.2. The monoisotopic (exact) mass is 1070 g/mol. The maximum absolute atomic E-state index is 13.0. The average molecular weight is 1070 g/mol. The number of esters is 1. The molecule has 0 spiro atoms. The van der Waals surface area contributed by atoms with Crippen molar-refractivity contribution in [3.63, 3.8) is 0 Å². The van der Waals surface area contributed by atoms with Crippen molar-refractivity contribution in [2.24, 2.45) is 0 Å². The Hall–Kier alpha value is -2.38. The van der Waals surface area contributed by atoms with Gasteiger partial charge in [-0.2, -0.15) is 0 Å². The van der Waals surface area contributed by atoms with Crippen LogP contribution in [0.2, 0.25) is 0 Å². The van der Waals surface area contributed by atoms with Crippen molar-refractivity contribution in [2.45, 2.75) is 333 Å². The molecule has 6 N–H and O–H groups in total. The van der Waals surface area contributed by atoms with Gasteiger partial charge in [0.1, 0.15) is 24.4 Å². The van der Waals surface area contributed by atoms with E-state index >= 15 is 0 Å². The number of aliphatic hydroxyl groups excluding tert-OH is 5. The lowest BCUT2D eigenvalue weighted by Crippen LogP contribution is -2.60. The zero-order chi connectivity index (χ0) is 55.2. The van der Waals surface area contributed by atoms with Crippen molar-refractivity contribution in [1.29, 1.82) is 0 Å². The Morgan fingerprint density at radius 3 is 1.39 bits per heavy atom. The van der Waals surface area contributed by atoms with Crippen LogP contribution >= 0.6 is 0 Å². The third-order valence-electron chi connectivity index (χ3n) is 14.9. The van der Waals surface area contributed by atoms with Crippen LogP contribution in [0, 0.1) is 0 Å². The van der Waals surface area contributed by atoms with Gasteiger partial charge in [0, 0.05) is 12.8 Å². The number of carbonyl (C=O) groups is 2. The highest BCUT2D eigenvalue weighted by Gasteiger charge is 2.44. The lowest BCUT2D eigenvalue weighted by Gasteiger charge is -2.40. The number of aliphatic hydroxyl groups is 5. The second-order valence-corrected chi connectivity index (χ2v) is 22.1. The summed E-state index contributed by atoms with van der Waals surface area (Å²) in [6, 6.07) is -0.829. The largest absolute Gasteiger partial charge is 0.466 e. The van der Waals surface area contributed by atoms with Crippen LogP contribution < -0.4 is 5.32 Å². The summed E-state index contributed by atoms with van der Waals surface area (Å²) in [5.41, 5.74) is 0. The highest BCUT2D eigenvalue weighted by molar-refractivity contribution is 5.76. The van der Waals surface area contributed by atoms with Crippen LogP contribution in [0.25, 0.3) is 0 Å². The van der Waals surface area contributed by atoms with Gasteiger partial charge >= 0.3 is 5.97 Å². The molecule has 0 radical (unpaired) electrons. The van der Waals surface area contributed by atoms with Gasteiger partial charge in [0.25, 0.3) is 0 Å². The van der Waals surface area contributed by atoms with Crippen molar-refractivity contribution >= 4 is 11.9 Å². The zero-order valence-electron chi connectivity index (χ0n) is 49.0. The molecule has 1 amide bonds. The Morgan fingerprint density at radius 2 is 0.895 bits per heavy atom. The summed E-state index contributed by atoms with van der Waals surface area (Å²) in [5.74, 6) is -0.197. The molecule has 0 bridgehead atoms. The van der Waals surface area contributed by atoms with E-state index in [1.165, 1.54) is 193 Å². The molecular weight excluding hydrogens is 955 g/mol. The van der Waals surface area contributed by atoms with E-state index in [2.05, 4.69) is 55.6 Å². The van der Waals surface area contributed by atoms with Gasteiger partial charge in [0.05, 0.1) is 32.0 Å². The first kappa shape index (κ1) is 71.6. The van der Waals surface area contributed by atoms with E-state index in [1.807, 2.05) is 6.08 Å². The minimum absolute atomic E-state index is 0.0000502. The molecule has 0 aliphatic carbocycles. The minimum Gasteiger partial charge on any atom is -0.466 e. The lowest BCUT2D eigenvalue weighted by atomic mass is 9.99. The van der Waals surface area contributed by atoms with E-state index in [1.54, 1.807) is 6.08 Å². The number of nitrogens with one attached hydrogen (secondary N) is 1. The van der Waals surface area contributed by atoms with Gasteiger partial charge in [-0.3, -0.25) is 9.59 Å². The van der Waals surface area contributed by atoms with Gasteiger partial charge in [-0.15, -0.1) is 0 Å². The molecule has 444 valence electrons. The highest BCUT2D eigenvalue weighted by atomic mass is 16.7. The highest BCUT2D eigenvalue weighted by Crippen LogP contribution is 2.23. The van der Waals surface area contributed by atoms with Crippen LogP contribution in [0.3, 0.4) is 0 Å². The second-order valence-electron chi connectivity index (χ2n) is 22.1. The number of hydrogen-bond donors (Lipinski definition) is 6. The summed E-state index contributed by atoms with van der Waals surface area (Å²) in [4.78, 5) is 25.0. The van der Waals surface area contributed by atoms with Gasteiger partial charge in [-0.25, -0.2) is 0 Å². The van der Waals surface area contributed by atoms with Gasteiger partial charge in [0.15, 0.2) is 6.29 Å². The van der Waals surface area contributed by atoms with Gasteiger partial charge < -0.3 is 45.1 Å². The van der Waals surface area contributed by atoms with Crippen LogP contribution in [0.4, 0.5) is 0 Å². The standard InChI is InChI=1S/C65H119NO10/c1-3-5-7-9-11-13-32-37-41-45-49-53-61(70)74-54-50-46-42-38-34-31-29-27-25-23-21-19-17-15-16-18-20-22-24-26-28-30-33-36-40-44-48-52-60(69)66-57(56-75-65-64(73)63(72)62(71)59(55-67)76-65)58(68)51-47-43-39-35-14-12-10-8-6-4-2/h14-16,19,21,35,47,51,57-59,62-65,67-68,71-73H,3-13,17-18,20,22-34,36-46,48-50,52-56H2,1-2H3,(H,66,69)/b16-15-,21-19-,35-14+,51-47+. The van der Waals surface area contributed by atoms with Gasteiger partial charge in [-0.05, 0) is 77.0 Å². The number of amides is 1. The molecule has 1 heterocycles. The molecular formula is C65H119NO10. The second kappa shape index (κ2) is 54.6. The van der Waals surface area contributed by atoms with E-state index in [4.69, 9.17) is 14.2 Å². The van der Waals surface area contributed by atoms with E-state index in [0.29, 0.717) is 19.4 Å². The van der Waals surface area contributed by atoms with Gasteiger partial charge in [0.2, 0.25) is 5.91 Å². The Bertz CT molecular complexity index is 1400. The number of ether oxygens (including phenoxy) is 3. The Balaban J connectivity index is 2.01. The number of carbonyl (C=O) groups excluding carboxylic acids is 2. The molecule has 11 nitrogen and oxygen atoms in total. The molecule has 1 rings (SSSR count). The molecule has 0 aromatic heterocycles. The molecule has 1 fully saturated rings. The Morgan fingerprint density at radius 1 is 0.487 bits per heavy atom. The van der Waals surface area contributed by atoms with Crippen LogP contribution in [0.15, 0.2) is 48.6 Å². The van der Waals surface area contributed by atoms with E-state index in [9.17, 15) is 35.1 Å². The average Bonchev–Trinajstić information content (AvgIpc) is 3.42. The topological polar surface area (TPSA) is 175 Å². The third kappa shape index (κ3) is 43.5. The maximum Gasteiger partial charge on any atom is 0.305 e. The quantitative estimate of drug-likeness (QED) is 0.0195. The molecule has 7 atom stereocenters. The number of rotatable bonds is 55. The molecule has 0 saturated carbocycles. The SMILES string of the molecule is CCCCCC/C=C/CC/C=C/C(O)C(COC1OC(CO)C(O)C(O)C1O)NC(=O)CCCCCCCCCCCCC/C=C\C/C=C\CCCCCCCCCCCOC(=O)CCCCCCCCCCCCC. The summed E-state index contributed by atoms with van der Waals surface area (Å²) in [7, 11) is 0. The van der Waals surface area contributed by atoms with Crippen molar-refractivity contribution in [2.75, 3.05) is 19.8 Å². The fourth-order valence-electron chi connectivity index (χ4n) is 9.83. The van der Waals surface area contributed by atoms with Crippen molar-refractivity contribution in [3.8, 4) is 0 Å². The smallest absolute Gasteiger partial charge is 0.305 e. The third-order valence-corrected chi connectivity index (χ3v) is 14.9. The fourth-order valence-corrected chi connectivity index (χ4v) is 9.83. The van der Waals surface area contributed by atoms with Crippen molar-refractivity contribution < 1.29 is 49.3 Å². The van der Waals surface area contributed by atoms with Crippen LogP contribution in [-0.2, 0) is 23.8 Å². The zero-order valence-corrected chi connectivity index (χ0v) is 49.0. The molecule has 0 aromatic carbocycles. The summed E-state index contributed by atoms with van der Waals surface area (Å²) >= 11 is 0. The van der Waals surface area contributed by atoms with Crippen LogP contribution in [-0.4, -0.2) is 100 Å². The van der Waals surface area contributed by atoms with Gasteiger partial charge in [-0.1, -0.05) is 249 Å². The fraction of sp³-hybridized carbons (Fsp3) is 0.846. The molecule has 7 unspecified atom stereocenters. The molecule has 0 aromatic rings. The van der Waals surface area contributed by atoms with Crippen LogP contribution in [0.1, 0.15) is 290 Å². The predicted octanol–water partition coefficient (Wildman–Crippen LogP) is 15.2. The first-order valence-corrected chi connectivity index (χ1v) is 31.9. The summed E-state index contributed by atoms with van der Waals surface area (Å²) in [6.45, 7) is 4.29. The van der Waals surface area contributed by atoms with E-state index in [-0.39, 0.29) is 18.5 Å². The van der Waals surface area contributed by atoms with Crippen LogP contribution in [0.5, 0.6) is 0 Å². The Kier molecular flexibility index (Phi) is 51.4. The molecule has 1 aliphatic rings. The van der Waals surface area contributed by atoms with E-state index < -0.39 is 49.5 Å². The minimum atomic E-state index is -1.58. The van der Waals surface area contributed by atoms with Crippen molar-refractivity contribution in [3.05, 3.63) is 48.6 Å². The molecule has 11 heteroatoms. The molecule has 1 aliphatic heterocycles. The number of allylic oxidation sites excluding steroid dienone is 7. The first-order chi connectivity index (χ1) is 37.2.